The van der Waals surface area contributed by atoms with Crippen LogP contribution in [-0.2, 0) is 11.3 Å². The number of esters is 1. The van der Waals surface area contributed by atoms with Gasteiger partial charge in [0, 0.05) is 16.6 Å². The lowest BCUT2D eigenvalue weighted by Gasteiger charge is -2.25. The maximum absolute atomic E-state index is 12.5. The quantitative estimate of drug-likeness (QED) is 0.168. The summed E-state index contributed by atoms with van der Waals surface area (Å²) in [5.74, 6) is 0.158. The minimum atomic E-state index is -0.964. The summed E-state index contributed by atoms with van der Waals surface area (Å²) in [5.41, 5.74) is 6.00. The summed E-state index contributed by atoms with van der Waals surface area (Å²) < 4.78 is 13.7. The van der Waals surface area contributed by atoms with Gasteiger partial charge in [-0.3, -0.25) is 0 Å². The number of rotatable bonds is 9. The SMILES string of the molecule is CCOC(=O)c1ccc(-c2ccc(Cl)cc2)c(COc2ccc(-c3nc4cc(C(=O)O)ccc4n3C3CCCCC3)cc2)c1. The monoisotopic (exact) mass is 608 g/mol. The number of carboxylic acids is 1. The van der Waals surface area contributed by atoms with Crippen LogP contribution < -0.4 is 4.74 Å². The molecule has 0 atom stereocenters. The third-order valence-corrected chi connectivity index (χ3v) is 8.41. The molecule has 1 aliphatic carbocycles. The zero-order valence-electron chi connectivity index (χ0n) is 24.5. The molecule has 0 unspecified atom stereocenters. The van der Waals surface area contributed by atoms with Gasteiger partial charge in [-0.1, -0.05) is 49.1 Å². The fourth-order valence-electron chi connectivity index (χ4n) is 5.97. The molecule has 44 heavy (non-hydrogen) atoms. The van der Waals surface area contributed by atoms with E-state index >= 15 is 0 Å². The van der Waals surface area contributed by atoms with Crippen LogP contribution in [0.25, 0.3) is 33.5 Å². The van der Waals surface area contributed by atoms with E-state index in [4.69, 9.17) is 26.1 Å². The molecule has 0 amide bonds. The molecule has 224 valence electrons. The van der Waals surface area contributed by atoms with Gasteiger partial charge < -0.3 is 19.1 Å². The van der Waals surface area contributed by atoms with Crippen molar-refractivity contribution in [3.63, 3.8) is 0 Å². The van der Waals surface area contributed by atoms with E-state index in [0.717, 1.165) is 46.4 Å². The molecular formula is C36H33ClN2O5. The number of fused-ring (bicyclic) bond motifs is 1. The average Bonchev–Trinajstić information content (AvgIpc) is 3.44. The summed E-state index contributed by atoms with van der Waals surface area (Å²) in [4.78, 5) is 29.0. The Labute approximate surface area is 261 Å². The number of benzene rings is 4. The number of nitrogens with zero attached hydrogens (tertiary/aromatic N) is 2. The van der Waals surface area contributed by atoms with Crippen molar-refractivity contribution >= 4 is 34.6 Å². The average molecular weight is 609 g/mol. The highest BCUT2D eigenvalue weighted by Gasteiger charge is 2.23. The molecule has 8 heteroatoms. The van der Waals surface area contributed by atoms with Crippen molar-refractivity contribution in [3.8, 4) is 28.3 Å². The highest BCUT2D eigenvalue weighted by Crippen LogP contribution is 2.37. The number of ether oxygens (including phenoxy) is 2. The third-order valence-electron chi connectivity index (χ3n) is 8.15. The van der Waals surface area contributed by atoms with Gasteiger partial charge in [-0.05, 0) is 103 Å². The van der Waals surface area contributed by atoms with E-state index in [9.17, 15) is 14.7 Å². The number of halogens is 1. The van der Waals surface area contributed by atoms with Gasteiger partial charge in [0.1, 0.15) is 18.2 Å². The molecule has 5 aromatic rings. The minimum absolute atomic E-state index is 0.228. The Morgan fingerprint density at radius 2 is 1.59 bits per heavy atom. The lowest BCUT2D eigenvalue weighted by atomic mass is 9.95. The molecular weight excluding hydrogens is 576 g/mol. The Hall–Kier alpha value is -4.62. The van der Waals surface area contributed by atoms with Gasteiger partial charge in [0.05, 0.1) is 28.8 Å². The van der Waals surface area contributed by atoms with Crippen molar-refractivity contribution in [3.05, 3.63) is 107 Å². The largest absolute Gasteiger partial charge is 0.489 e. The molecule has 0 spiro atoms. The van der Waals surface area contributed by atoms with Crippen LogP contribution in [0, 0.1) is 0 Å². The van der Waals surface area contributed by atoms with Gasteiger partial charge in [0.25, 0.3) is 0 Å². The first-order valence-electron chi connectivity index (χ1n) is 15.0. The molecule has 7 nitrogen and oxygen atoms in total. The molecule has 1 fully saturated rings. The number of aromatic nitrogens is 2. The summed E-state index contributed by atoms with van der Waals surface area (Å²) in [7, 11) is 0. The van der Waals surface area contributed by atoms with E-state index in [1.54, 1.807) is 25.1 Å². The van der Waals surface area contributed by atoms with E-state index in [1.807, 2.05) is 66.7 Å². The Balaban J connectivity index is 1.29. The lowest BCUT2D eigenvalue weighted by molar-refractivity contribution is 0.0525. The summed E-state index contributed by atoms with van der Waals surface area (Å²) in [5, 5.41) is 10.2. The van der Waals surface area contributed by atoms with Gasteiger partial charge in [-0.2, -0.15) is 0 Å². The van der Waals surface area contributed by atoms with Crippen molar-refractivity contribution in [2.45, 2.75) is 51.7 Å². The summed E-state index contributed by atoms with van der Waals surface area (Å²) in [6, 6.07) is 26.3. The van der Waals surface area contributed by atoms with E-state index in [1.165, 1.54) is 19.3 Å². The fourth-order valence-corrected chi connectivity index (χ4v) is 6.10. The fraction of sp³-hybridized carbons (Fsp3) is 0.250. The molecule has 1 aliphatic rings. The van der Waals surface area contributed by atoms with Crippen LogP contribution in [0.1, 0.15) is 71.3 Å². The molecule has 0 radical (unpaired) electrons. The molecule has 1 aromatic heterocycles. The number of carbonyl (C=O) groups is 2. The summed E-state index contributed by atoms with van der Waals surface area (Å²) in [6.07, 6.45) is 5.71. The van der Waals surface area contributed by atoms with Crippen molar-refractivity contribution in [1.82, 2.24) is 9.55 Å². The normalized spacial score (nSPS) is 13.6. The zero-order chi connectivity index (χ0) is 30.6. The predicted molar refractivity (Wildman–Crippen MR) is 171 cm³/mol. The second kappa shape index (κ2) is 12.9. The maximum Gasteiger partial charge on any atom is 0.338 e. The van der Waals surface area contributed by atoms with Crippen LogP contribution in [0.15, 0.2) is 84.9 Å². The minimum Gasteiger partial charge on any atom is -0.489 e. The molecule has 1 saturated carbocycles. The first-order chi connectivity index (χ1) is 21.4. The highest BCUT2D eigenvalue weighted by molar-refractivity contribution is 6.30. The van der Waals surface area contributed by atoms with Crippen molar-refractivity contribution in [1.29, 1.82) is 0 Å². The maximum atomic E-state index is 12.5. The van der Waals surface area contributed by atoms with E-state index in [-0.39, 0.29) is 18.1 Å². The van der Waals surface area contributed by atoms with Crippen LogP contribution in [0.2, 0.25) is 5.02 Å². The highest BCUT2D eigenvalue weighted by atomic mass is 35.5. The van der Waals surface area contributed by atoms with Crippen molar-refractivity contribution in [2.75, 3.05) is 6.61 Å². The number of aromatic carboxylic acids is 1. The Kier molecular flexibility index (Phi) is 8.66. The zero-order valence-corrected chi connectivity index (χ0v) is 25.2. The topological polar surface area (TPSA) is 90.7 Å². The van der Waals surface area contributed by atoms with E-state index < -0.39 is 5.97 Å². The van der Waals surface area contributed by atoms with Crippen LogP contribution >= 0.6 is 11.6 Å². The molecule has 0 aliphatic heterocycles. The Bertz CT molecular complexity index is 1810. The standard InChI is InChI=1S/C36H33ClN2O5/c1-2-43-36(42)26-12-18-31(23-8-14-28(37)15-9-23)27(20-26)22-44-30-16-10-24(11-17-30)34-38-32-21-25(35(40)41)13-19-33(32)39(34)29-6-4-3-5-7-29/h8-21,29H,2-7,22H2,1H3,(H,40,41). The van der Waals surface area contributed by atoms with Gasteiger partial charge in [-0.25, -0.2) is 14.6 Å². The van der Waals surface area contributed by atoms with E-state index in [0.29, 0.717) is 34.5 Å². The number of carboxylic acid groups (broad SMARTS) is 1. The summed E-state index contributed by atoms with van der Waals surface area (Å²) >= 11 is 6.12. The number of carbonyl (C=O) groups excluding carboxylic acids is 1. The Morgan fingerprint density at radius 3 is 2.30 bits per heavy atom. The number of hydrogen-bond acceptors (Lipinski definition) is 5. The molecule has 6 rings (SSSR count). The predicted octanol–water partition coefficient (Wildman–Crippen LogP) is 8.98. The second-order valence-electron chi connectivity index (χ2n) is 11.0. The molecule has 0 saturated heterocycles. The van der Waals surface area contributed by atoms with Crippen molar-refractivity contribution < 1.29 is 24.2 Å². The van der Waals surface area contributed by atoms with Crippen molar-refractivity contribution in [2.24, 2.45) is 0 Å². The van der Waals surface area contributed by atoms with Crippen LogP contribution in [0.3, 0.4) is 0 Å². The second-order valence-corrected chi connectivity index (χ2v) is 11.5. The molecule has 1 heterocycles. The van der Waals surface area contributed by atoms with Gasteiger partial charge >= 0.3 is 11.9 Å². The molecule has 0 bridgehead atoms. The molecule has 1 N–H and O–H groups in total. The van der Waals surface area contributed by atoms with Crippen LogP contribution in [-0.4, -0.2) is 33.2 Å². The number of imidazole rings is 1. The number of hydrogen-bond donors (Lipinski definition) is 1. The van der Waals surface area contributed by atoms with Gasteiger partial charge in [0.15, 0.2) is 0 Å². The Morgan fingerprint density at radius 1 is 0.886 bits per heavy atom. The van der Waals surface area contributed by atoms with E-state index in [2.05, 4.69) is 4.57 Å². The van der Waals surface area contributed by atoms with Crippen LogP contribution in [0.5, 0.6) is 5.75 Å². The lowest BCUT2D eigenvalue weighted by Crippen LogP contribution is -2.14. The first kappa shape index (κ1) is 29.5. The van der Waals surface area contributed by atoms with Gasteiger partial charge in [-0.15, -0.1) is 0 Å². The van der Waals surface area contributed by atoms with Gasteiger partial charge in [0.2, 0.25) is 0 Å². The summed E-state index contributed by atoms with van der Waals surface area (Å²) in [6.45, 7) is 2.32. The molecule has 4 aromatic carbocycles. The van der Waals surface area contributed by atoms with Crippen LogP contribution in [0.4, 0.5) is 0 Å². The smallest absolute Gasteiger partial charge is 0.338 e. The first-order valence-corrected chi connectivity index (χ1v) is 15.3. The third kappa shape index (κ3) is 6.19.